The number of methoxy groups -OCH3 is 1. The van der Waals surface area contributed by atoms with Crippen molar-refractivity contribution in [3.05, 3.63) is 0 Å². The molecule has 0 fully saturated rings. The molecule has 0 aromatic heterocycles. The van der Waals surface area contributed by atoms with Crippen molar-refractivity contribution in [2.75, 3.05) is 33.4 Å². The minimum Gasteiger partial charge on any atom is -0.465 e. The van der Waals surface area contributed by atoms with E-state index >= 15 is 0 Å². The van der Waals surface area contributed by atoms with Gasteiger partial charge in [-0.3, -0.25) is 9.59 Å². The van der Waals surface area contributed by atoms with E-state index in [2.05, 4.69) is 0 Å². The summed E-state index contributed by atoms with van der Waals surface area (Å²) >= 11 is 0. The zero-order valence-electron chi connectivity index (χ0n) is 11.5. The van der Waals surface area contributed by atoms with Gasteiger partial charge in [0.1, 0.15) is 6.54 Å². The number of rotatable bonds is 9. The van der Waals surface area contributed by atoms with Gasteiger partial charge < -0.3 is 20.1 Å². The van der Waals surface area contributed by atoms with Gasteiger partial charge in [0.2, 0.25) is 5.91 Å². The highest BCUT2D eigenvalue weighted by molar-refractivity contribution is 5.85. The second-order valence-electron chi connectivity index (χ2n) is 3.95. The molecule has 0 aliphatic rings. The van der Waals surface area contributed by atoms with Crippen LogP contribution in [-0.4, -0.2) is 56.2 Å². The number of nitrogens with zero attached hydrogens (tertiary/aromatic N) is 1. The van der Waals surface area contributed by atoms with Gasteiger partial charge in [-0.15, -0.1) is 0 Å². The molecule has 106 valence electrons. The van der Waals surface area contributed by atoms with E-state index in [4.69, 9.17) is 15.2 Å². The van der Waals surface area contributed by atoms with E-state index in [1.807, 2.05) is 6.92 Å². The van der Waals surface area contributed by atoms with Crippen LogP contribution < -0.4 is 5.73 Å². The minimum absolute atomic E-state index is 0.0759. The molecule has 0 radical (unpaired) electrons. The number of ether oxygens (including phenoxy) is 2. The number of nitrogens with two attached hydrogens (primary N) is 1. The van der Waals surface area contributed by atoms with Crippen LogP contribution in [0.3, 0.4) is 0 Å². The van der Waals surface area contributed by atoms with E-state index in [0.29, 0.717) is 26.2 Å². The molecule has 0 aliphatic carbocycles. The normalized spacial score (nSPS) is 12.0. The smallest absolute Gasteiger partial charge is 0.325 e. The first-order chi connectivity index (χ1) is 8.56. The molecule has 0 aromatic rings. The standard InChI is InChI=1S/C12H24N2O4/c1-4-6-10(13)12(16)14(7-8-17-3)9-11(15)18-5-2/h10H,4-9,13H2,1-3H3. The second-order valence-corrected chi connectivity index (χ2v) is 3.95. The Morgan fingerprint density at radius 3 is 2.50 bits per heavy atom. The average molecular weight is 260 g/mol. The summed E-state index contributed by atoms with van der Waals surface area (Å²) in [6.07, 6.45) is 1.43. The summed E-state index contributed by atoms with van der Waals surface area (Å²) < 4.78 is 9.74. The maximum atomic E-state index is 12.0. The van der Waals surface area contributed by atoms with Crippen molar-refractivity contribution in [3.63, 3.8) is 0 Å². The Labute approximate surface area is 108 Å². The zero-order valence-corrected chi connectivity index (χ0v) is 11.5. The molecule has 0 heterocycles. The highest BCUT2D eigenvalue weighted by atomic mass is 16.5. The van der Waals surface area contributed by atoms with Gasteiger partial charge in [-0.1, -0.05) is 13.3 Å². The molecule has 6 heteroatoms. The van der Waals surface area contributed by atoms with E-state index in [1.165, 1.54) is 4.90 Å². The van der Waals surface area contributed by atoms with E-state index < -0.39 is 12.0 Å². The molecule has 0 saturated carbocycles. The topological polar surface area (TPSA) is 81.9 Å². The Hall–Kier alpha value is -1.14. The molecular formula is C12H24N2O4. The van der Waals surface area contributed by atoms with Crippen LogP contribution in [0.1, 0.15) is 26.7 Å². The summed E-state index contributed by atoms with van der Waals surface area (Å²) in [6, 6.07) is -0.568. The lowest BCUT2D eigenvalue weighted by molar-refractivity contribution is -0.149. The molecule has 0 bridgehead atoms. The van der Waals surface area contributed by atoms with Crippen molar-refractivity contribution in [2.24, 2.45) is 5.73 Å². The summed E-state index contributed by atoms with van der Waals surface area (Å²) in [4.78, 5) is 24.8. The Morgan fingerprint density at radius 1 is 1.33 bits per heavy atom. The second kappa shape index (κ2) is 9.85. The quantitative estimate of drug-likeness (QED) is 0.597. The lowest BCUT2D eigenvalue weighted by atomic mass is 10.1. The van der Waals surface area contributed by atoms with Crippen LogP contribution in [0.5, 0.6) is 0 Å². The number of hydrogen-bond acceptors (Lipinski definition) is 5. The van der Waals surface area contributed by atoms with Crippen molar-refractivity contribution in [2.45, 2.75) is 32.7 Å². The molecule has 0 aromatic carbocycles. The van der Waals surface area contributed by atoms with Gasteiger partial charge in [0.05, 0.1) is 19.3 Å². The number of carbonyl (C=O) groups is 2. The van der Waals surface area contributed by atoms with Gasteiger partial charge in [0.25, 0.3) is 0 Å². The first-order valence-corrected chi connectivity index (χ1v) is 6.25. The SMILES string of the molecule is CCCC(N)C(=O)N(CCOC)CC(=O)OCC. The van der Waals surface area contributed by atoms with Crippen LogP contribution in [0.15, 0.2) is 0 Å². The first-order valence-electron chi connectivity index (χ1n) is 6.25. The van der Waals surface area contributed by atoms with Crippen molar-refractivity contribution >= 4 is 11.9 Å². The number of esters is 1. The molecule has 0 aliphatic heterocycles. The third kappa shape index (κ3) is 6.56. The predicted octanol–water partition coefficient (Wildman–Crippen LogP) is 0.152. The average Bonchev–Trinajstić information content (AvgIpc) is 2.34. The van der Waals surface area contributed by atoms with Crippen LogP contribution in [0.2, 0.25) is 0 Å². The molecule has 0 saturated heterocycles. The molecule has 0 spiro atoms. The molecule has 2 N–H and O–H groups in total. The van der Waals surface area contributed by atoms with Crippen molar-refractivity contribution in [3.8, 4) is 0 Å². The first kappa shape index (κ1) is 16.9. The van der Waals surface area contributed by atoms with Crippen LogP contribution in [-0.2, 0) is 19.1 Å². The van der Waals surface area contributed by atoms with Crippen LogP contribution in [0.4, 0.5) is 0 Å². The lowest BCUT2D eigenvalue weighted by Crippen LogP contribution is -2.47. The fourth-order valence-electron chi connectivity index (χ4n) is 1.50. The van der Waals surface area contributed by atoms with E-state index in [9.17, 15) is 9.59 Å². The van der Waals surface area contributed by atoms with Crippen molar-refractivity contribution in [1.29, 1.82) is 0 Å². The Kier molecular flexibility index (Phi) is 9.22. The summed E-state index contributed by atoms with van der Waals surface area (Å²) in [7, 11) is 1.54. The predicted molar refractivity (Wildman–Crippen MR) is 68.0 cm³/mol. The lowest BCUT2D eigenvalue weighted by Gasteiger charge is -2.24. The van der Waals surface area contributed by atoms with Crippen LogP contribution in [0, 0.1) is 0 Å². The maximum Gasteiger partial charge on any atom is 0.325 e. The molecule has 6 nitrogen and oxygen atoms in total. The van der Waals surface area contributed by atoms with Crippen molar-refractivity contribution < 1.29 is 19.1 Å². The largest absolute Gasteiger partial charge is 0.465 e. The third-order valence-corrected chi connectivity index (χ3v) is 2.42. The van der Waals surface area contributed by atoms with Crippen LogP contribution in [0.25, 0.3) is 0 Å². The van der Waals surface area contributed by atoms with Gasteiger partial charge >= 0.3 is 5.97 Å². The molecule has 1 atom stereocenters. The van der Waals surface area contributed by atoms with Gasteiger partial charge in [-0.05, 0) is 13.3 Å². The zero-order chi connectivity index (χ0) is 14.0. The van der Waals surface area contributed by atoms with Gasteiger partial charge in [-0.25, -0.2) is 0 Å². The minimum atomic E-state index is -0.568. The molecule has 18 heavy (non-hydrogen) atoms. The fraction of sp³-hybridized carbons (Fsp3) is 0.833. The Bertz CT molecular complexity index is 258. The molecule has 0 rings (SSSR count). The summed E-state index contributed by atoms with van der Waals surface area (Å²) in [5.41, 5.74) is 5.77. The molecule has 1 unspecified atom stereocenters. The highest BCUT2D eigenvalue weighted by Gasteiger charge is 2.22. The number of hydrogen-bond donors (Lipinski definition) is 1. The van der Waals surface area contributed by atoms with Gasteiger partial charge in [-0.2, -0.15) is 0 Å². The molecule has 1 amide bonds. The van der Waals surface area contributed by atoms with E-state index in [-0.39, 0.29) is 12.5 Å². The van der Waals surface area contributed by atoms with E-state index in [1.54, 1.807) is 14.0 Å². The number of amides is 1. The number of carbonyl (C=O) groups excluding carboxylic acids is 2. The van der Waals surface area contributed by atoms with Crippen LogP contribution >= 0.6 is 0 Å². The highest BCUT2D eigenvalue weighted by Crippen LogP contribution is 2.01. The summed E-state index contributed by atoms with van der Waals surface area (Å²) in [6.45, 7) is 4.61. The maximum absolute atomic E-state index is 12.0. The van der Waals surface area contributed by atoms with Gasteiger partial charge in [0, 0.05) is 13.7 Å². The Balaban J connectivity index is 4.45. The Morgan fingerprint density at radius 2 is 2.00 bits per heavy atom. The molecular weight excluding hydrogens is 236 g/mol. The summed E-state index contributed by atoms with van der Waals surface area (Å²) in [5, 5.41) is 0. The fourth-order valence-corrected chi connectivity index (χ4v) is 1.50. The third-order valence-electron chi connectivity index (χ3n) is 2.42. The monoisotopic (exact) mass is 260 g/mol. The van der Waals surface area contributed by atoms with E-state index in [0.717, 1.165) is 6.42 Å². The summed E-state index contributed by atoms with van der Waals surface area (Å²) in [5.74, 6) is -0.660. The van der Waals surface area contributed by atoms with Crippen molar-refractivity contribution in [1.82, 2.24) is 4.90 Å². The van der Waals surface area contributed by atoms with Gasteiger partial charge in [0.15, 0.2) is 0 Å².